The van der Waals surface area contributed by atoms with Crippen LogP contribution in [0.15, 0.2) is 17.1 Å². The standard InChI is InChI=1S/C10H12ClNOS.In/c1-10(6-8(10)9(12)13)4-2-7(14)3-5-11;/h3,8,14H,4,6H2,1H3,(H2,12,13);. The molecular weight excluding hydrogens is 332 g/mol. The fraction of sp³-hybridized carbons (Fsp3) is 0.500. The quantitative estimate of drug-likeness (QED) is 0.754. The number of hydrogen-bond donors (Lipinski definition) is 2. The summed E-state index contributed by atoms with van der Waals surface area (Å²) in [6, 6.07) is 0. The molecule has 1 aliphatic heterocycles. The molecule has 1 fully saturated rings. The molecule has 79 valence electrons. The van der Waals surface area contributed by atoms with Crippen LogP contribution in [0.1, 0.15) is 19.8 Å². The summed E-state index contributed by atoms with van der Waals surface area (Å²) in [4.78, 5) is 12.1. The first-order valence-corrected chi connectivity index (χ1v) is 8.98. The van der Waals surface area contributed by atoms with Crippen LogP contribution in [-0.2, 0) is 4.79 Å². The van der Waals surface area contributed by atoms with Gasteiger partial charge in [-0.15, -0.1) is 0 Å². The molecular formula is C10H12ClInNOS. The van der Waals surface area contributed by atoms with E-state index in [1.165, 1.54) is 3.33 Å². The van der Waals surface area contributed by atoms with Crippen LogP contribution in [0.2, 0.25) is 0 Å². The topological polar surface area (TPSA) is 43.1 Å². The number of allylic oxidation sites excluding steroid dienone is 2. The van der Waals surface area contributed by atoms with Crippen molar-refractivity contribution in [1.29, 1.82) is 0 Å². The first-order chi connectivity index (χ1) is 6.92. The summed E-state index contributed by atoms with van der Waals surface area (Å²) >= 11 is 9.49. The molecule has 0 aromatic heterocycles. The van der Waals surface area contributed by atoms with Crippen LogP contribution < -0.4 is 5.73 Å². The van der Waals surface area contributed by atoms with Gasteiger partial charge in [-0.3, -0.25) is 0 Å². The number of carbonyl (C=O) groups is 1. The van der Waals surface area contributed by atoms with Crippen LogP contribution in [0, 0.1) is 11.3 Å². The number of halogens is 1. The molecule has 1 heterocycles. The summed E-state index contributed by atoms with van der Waals surface area (Å²) in [7, 11) is 0. The fourth-order valence-corrected chi connectivity index (χ4v) is 8.19. The van der Waals surface area contributed by atoms with Gasteiger partial charge in [0.15, 0.2) is 0 Å². The second kappa shape index (κ2) is 4.04. The van der Waals surface area contributed by atoms with Crippen molar-refractivity contribution in [3.05, 3.63) is 17.1 Å². The molecule has 0 bridgehead atoms. The van der Waals surface area contributed by atoms with Crippen molar-refractivity contribution < 1.29 is 4.79 Å². The predicted octanol–water partition coefficient (Wildman–Crippen LogP) is 1.83. The molecule has 1 saturated carbocycles. The monoisotopic (exact) mass is 344 g/mol. The number of primary amides is 1. The van der Waals surface area contributed by atoms with E-state index in [0.717, 1.165) is 20.5 Å². The van der Waals surface area contributed by atoms with E-state index in [4.69, 9.17) is 17.3 Å². The second-order valence-electron chi connectivity index (χ2n) is 4.57. The molecule has 0 aromatic rings. The van der Waals surface area contributed by atoms with Crippen molar-refractivity contribution in [2.24, 2.45) is 17.1 Å². The number of amides is 1. The molecule has 2 nitrogen and oxygen atoms in total. The van der Waals surface area contributed by atoms with Gasteiger partial charge in [0.05, 0.1) is 0 Å². The number of hydrogen-bond acceptors (Lipinski definition) is 2. The van der Waals surface area contributed by atoms with Crippen molar-refractivity contribution in [2.75, 3.05) is 0 Å². The summed E-state index contributed by atoms with van der Waals surface area (Å²) in [6.07, 6.45) is 3.85. The van der Waals surface area contributed by atoms with E-state index < -0.39 is 22.9 Å². The van der Waals surface area contributed by atoms with Crippen LogP contribution in [0.4, 0.5) is 0 Å². The molecule has 1 radical (unpaired) electrons. The Morgan fingerprint density at radius 1 is 1.87 bits per heavy atom. The van der Waals surface area contributed by atoms with E-state index in [0.29, 0.717) is 0 Å². The number of rotatable bonds is 3. The normalized spacial score (nSPS) is 33.8. The van der Waals surface area contributed by atoms with Gasteiger partial charge >= 0.3 is 112 Å². The SMILES string of the molecule is CC1(C[C]2=C(S)C=[C](Cl)[In]2)CC1C(N)=O. The summed E-state index contributed by atoms with van der Waals surface area (Å²) in [5.41, 5.74) is 5.41. The third-order valence-corrected chi connectivity index (χ3v) is 8.88. The van der Waals surface area contributed by atoms with Crippen LogP contribution in [0.3, 0.4) is 0 Å². The van der Waals surface area contributed by atoms with Gasteiger partial charge in [0.2, 0.25) is 0 Å². The van der Waals surface area contributed by atoms with E-state index in [-0.39, 0.29) is 17.2 Å². The van der Waals surface area contributed by atoms with Crippen molar-refractivity contribution in [1.82, 2.24) is 0 Å². The minimum absolute atomic E-state index is 0.0633. The summed E-state index contributed by atoms with van der Waals surface area (Å²) in [6.45, 7) is 2.13. The van der Waals surface area contributed by atoms with Crippen LogP contribution in [0.5, 0.6) is 0 Å². The van der Waals surface area contributed by atoms with Crippen molar-refractivity contribution in [3.8, 4) is 0 Å². The Morgan fingerprint density at radius 2 is 2.53 bits per heavy atom. The first kappa shape index (κ1) is 11.9. The van der Waals surface area contributed by atoms with Gasteiger partial charge in [-0.1, -0.05) is 0 Å². The molecule has 2 unspecified atom stereocenters. The van der Waals surface area contributed by atoms with Gasteiger partial charge < -0.3 is 0 Å². The van der Waals surface area contributed by atoms with E-state index in [2.05, 4.69) is 19.6 Å². The Hall–Kier alpha value is 0.460. The zero-order chi connectivity index (χ0) is 11.2. The molecule has 15 heavy (non-hydrogen) atoms. The molecule has 0 spiro atoms. The van der Waals surface area contributed by atoms with E-state index in [1.807, 2.05) is 6.08 Å². The zero-order valence-corrected chi connectivity index (χ0v) is 13.4. The predicted molar refractivity (Wildman–Crippen MR) is 65.7 cm³/mol. The third-order valence-electron chi connectivity index (χ3n) is 3.21. The van der Waals surface area contributed by atoms with Gasteiger partial charge in [0, 0.05) is 0 Å². The van der Waals surface area contributed by atoms with Crippen LogP contribution in [0.25, 0.3) is 0 Å². The van der Waals surface area contributed by atoms with Gasteiger partial charge in [0.1, 0.15) is 0 Å². The van der Waals surface area contributed by atoms with Gasteiger partial charge in [-0.2, -0.15) is 0 Å². The molecule has 5 heteroatoms. The molecule has 0 saturated heterocycles. The van der Waals surface area contributed by atoms with Gasteiger partial charge in [-0.05, 0) is 0 Å². The minimum atomic E-state index is -0.937. The second-order valence-corrected chi connectivity index (χ2v) is 11.1. The van der Waals surface area contributed by atoms with Gasteiger partial charge in [-0.25, -0.2) is 0 Å². The Kier molecular flexibility index (Phi) is 3.21. The Balaban J connectivity index is 2.01. The molecule has 2 aliphatic rings. The molecule has 1 aliphatic carbocycles. The summed E-state index contributed by atoms with van der Waals surface area (Å²) in [5, 5.41) is 0. The molecule has 2 atom stereocenters. The van der Waals surface area contributed by atoms with Crippen LogP contribution >= 0.6 is 24.2 Å². The molecule has 2 rings (SSSR count). The molecule has 0 aromatic carbocycles. The average molecular weight is 345 g/mol. The fourth-order valence-electron chi connectivity index (χ4n) is 2.13. The Bertz CT molecular complexity index is 393. The van der Waals surface area contributed by atoms with Crippen molar-refractivity contribution in [2.45, 2.75) is 19.8 Å². The van der Waals surface area contributed by atoms with E-state index in [9.17, 15) is 4.79 Å². The average Bonchev–Trinajstić information content (AvgIpc) is 2.66. The van der Waals surface area contributed by atoms with E-state index >= 15 is 0 Å². The maximum absolute atomic E-state index is 11.1. The maximum atomic E-state index is 11.1. The van der Waals surface area contributed by atoms with Crippen molar-refractivity contribution in [3.63, 3.8) is 0 Å². The molecule has 1 amide bonds. The number of carbonyl (C=O) groups excluding carboxylic acids is 1. The summed E-state index contributed by atoms with van der Waals surface area (Å²) < 4.78 is 2.44. The number of nitrogens with two attached hydrogens (primary N) is 1. The first-order valence-electron chi connectivity index (χ1n) is 4.86. The van der Waals surface area contributed by atoms with Gasteiger partial charge in [0.25, 0.3) is 0 Å². The Labute approximate surface area is 111 Å². The molecule has 2 N–H and O–H groups in total. The third kappa shape index (κ3) is 2.42. The van der Waals surface area contributed by atoms with Crippen LogP contribution in [-0.4, -0.2) is 28.8 Å². The van der Waals surface area contributed by atoms with E-state index in [1.54, 1.807) is 0 Å². The van der Waals surface area contributed by atoms with Crippen molar-refractivity contribution >= 4 is 53.0 Å². The summed E-state index contributed by atoms with van der Waals surface area (Å²) in [5.74, 6) is -0.1000. The number of thiol groups is 1. The Morgan fingerprint density at radius 3 is 2.93 bits per heavy atom. The zero-order valence-electron chi connectivity index (χ0n) is 8.46.